The second-order valence-corrected chi connectivity index (χ2v) is 3.72. The zero-order chi connectivity index (χ0) is 11.1. The number of Topliss-reactive ketones (excluding diaryl/α,β-unsaturated/α-hetero) is 1. The monoisotopic (exact) mass is 232 g/mol. The van der Waals surface area contributed by atoms with Gasteiger partial charge in [-0.2, -0.15) is 8.78 Å². The van der Waals surface area contributed by atoms with E-state index in [1.807, 2.05) is 0 Å². The summed E-state index contributed by atoms with van der Waals surface area (Å²) >= 11 is 4.65. The number of halogens is 3. The highest BCUT2D eigenvalue weighted by Crippen LogP contribution is 2.30. The van der Waals surface area contributed by atoms with Crippen LogP contribution in [0, 0.1) is 0 Å². The Balaban J connectivity index is 2.35. The number of benzene rings is 1. The van der Waals surface area contributed by atoms with Crippen LogP contribution in [-0.2, 0) is 6.42 Å². The number of rotatable bonds is 2. The Morgan fingerprint density at radius 3 is 2.87 bits per heavy atom. The fraction of sp³-hybridized carbons (Fsp3) is 0.300. The first-order chi connectivity index (χ1) is 6.98. The topological polar surface area (TPSA) is 26.3 Å². The minimum absolute atomic E-state index is 0.0840. The summed E-state index contributed by atoms with van der Waals surface area (Å²) in [6.07, 6.45) is 0.629. The molecule has 5 heteroatoms. The van der Waals surface area contributed by atoms with Crippen molar-refractivity contribution in [3.8, 4) is 5.75 Å². The number of ketones is 1. The van der Waals surface area contributed by atoms with Gasteiger partial charge in [0.15, 0.2) is 0 Å². The maximum absolute atomic E-state index is 12.5. The third-order valence-corrected chi connectivity index (χ3v) is 2.38. The van der Waals surface area contributed by atoms with E-state index in [9.17, 15) is 13.6 Å². The van der Waals surface area contributed by atoms with E-state index in [2.05, 4.69) is 11.6 Å². The van der Waals surface area contributed by atoms with Gasteiger partial charge >= 0.3 is 5.38 Å². The van der Waals surface area contributed by atoms with Gasteiger partial charge in [-0.1, -0.05) is 0 Å². The van der Waals surface area contributed by atoms with Gasteiger partial charge in [0, 0.05) is 12.0 Å². The summed E-state index contributed by atoms with van der Waals surface area (Å²) in [6, 6.07) is 4.21. The first kappa shape index (κ1) is 10.4. The fourth-order valence-corrected chi connectivity index (χ4v) is 1.60. The van der Waals surface area contributed by atoms with Crippen LogP contribution in [0.4, 0.5) is 8.78 Å². The van der Waals surface area contributed by atoms with E-state index in [0.29, 0.717) is 18.8 Å². The molecule has 2 rings (SSSR count). The Hall–Kier alpha value is -1.16. The molecule has 0 spiro atoms. The number of alkyl halides is 3. The van der Waals surface area contributed by atoms with E-state index >= 15 is 0 Å². The van der Waals surface area contributed by atoms with Gasteiger partial charge in [0.25, 0.3) is 0 Å². The van der Waals surface area contributed by atoms with Crippen molar-refractivity contribution >= 4 is 17.4 Å². The lowest BCUT2D eigenvalue weighted by molar-refractivity contribution is 0.0536. The van der Waals surface area contributed by atoms with Gasteiger partial charge in [-0.15, -0.1) is 0 Å². The van der Waals surface area contributed by atoms with Crippen molar-refractivity contribution in [1.82, 2.24) is 0 Å². The third-order valence-electron chi connectivity index (χ3n) is 2.21. The van der Waals surface area contributed by atoms with Crippen molar-refractivity contribution in [3.63, 3.8) is 0 Å². The van der Waals surface area contributed by atoms with Crippen molar-refractivity contribution in [1.29, 1.82) is 0 Å². The van der Waals surface area contributed by atoms with Crippen molar-refractivity contribution in [3.05, 3.63) is 29.3 Å². The normalized spacial score (nSPS) is 14.6. The summed E-state index contributed by atoms with van der Waals surface area (Å²) in [7, 11) is 0. The van der Waals surface area contributed by atoms with E-state index < -0.39 is 11.2 Å². The lowest BCUT2D eigenvalue weighted by Gasteiger charge is -2.07. The van der Waals surface area contributed by atoms with Gasteiger partial charge < -0.3 is 4.74 Å². The molecular weight excluding hydrogens is 226 g/mol. The maximum atomic E-state index is 12.5. The van der Waals surface area contributed by atoms with Crippen molar-refractivity contribution in [2.24, 2.45) is 0 Å². The van der Waals surface area contributed by atoms with Crippen LogP contribution in [0.2, 0.25) is 0 Å². The lowest BCUT2D eigenvalue weighted by Crippen LogP contribution is -2.21. The largest absolute Gasteiger partial charge is 0.493 e. The molecule has 0 N–H and O–H groups in total. The van der Waals surface area contributed by atoms with E-state index in [4.69, 9.17) is 4.74 Å². The average Bonchev–Trinajstić information content (AvgIpc) is 2.61. The number of hydrogen-bond acceptors (Lipinski definition) is 2. The van der Waals surface area contributed by atoms with Crippen LogP contribution in [-0.4, -0.2) is 17.8 Å². The van der Waals surface area contributed by atoms with Crippen LogP contribution in [0.25, 0.3) is 0 Å². The molecule has 1 aromatic carbocycles. The SMILES string of the molecule is O=C(c1ccc2c(c1)CCO2)C(F)(F)Cl. The van der Waals surface area contributed by atoms with E-state index in [1.54, 1.807) is 0 Å². The van der Waals surface area contributed by atoms with Gasteiger partial charge in [0.05, 0.1) is 6.61 Å². The Morgan fingerprint density at radius 2 is 2.20 bits per heavy atom. The molecule has 0 aliphatic carbocycles. The van der Waals surface area contributed by atoms with Crippen LogP contribution in [0.3, 0.4) is 0 Å². The van der Waals surface area contributed by atoms with Gasteiger partial charge in [-0.05, 0) is 35.4 Å². The van der Waals surface area contributed by atoms with E-state index in [-0.39, 0.29) is 5.56 Å². The third kappa shape index (κ3) is 1.95. The molecular formula is C10H7ClF2O2. The van der Waals surface area contributed by atoms with Crippen LogP contribution in [0.1, 0.15) is 15.9 Å². The first-order valence-electron chi connectivity index (χ1n) is 4.36. The molecule has 0 bridgehead atoms. The molecule has 0 amide bonds. The van der Waals surface area contributed by atoms with Gasteiger partial charge in [0.2, 0.25) is 5.78 Å². The molecule has 0 saturated heterocycles. The summed E-state index contributed by atoms with van der Waals surface area (Å²) in [5.74, 6) is -0.733. The molecule has 1 aromatic rings. The van der Waals surface area contributed by atoms with Crippen LogP contribution in [0.15, 0.2) is 18.2 Å². The maximum Gasteiger partial charge on any atom is 0.384 e. The zero-order valence-corrected chi connectivity index (χ0v) is 8.35. The van der Waals surface area contributed by atoms with E-state index in [1.165, 1.54) is 18.2 Å². The van der Waals surface area contributed by atoms with Crippen LogP contribution >= 0.6 is 11.6 Å². The summed E-state index contributed by atoms with van der Waals surface area (Å²) in [5.41, 5.74) is 0.681. The predicted octanol–water partition coefficient (Wildman–Crippen LogP) is 2.64. The van der Waals surface area contributed by atoms with Gasteiger partial charge in [-0.25, -0.2) is 0 Å². The minimum Gasteiger partial charge on any atom is -0.493 e. The number of carbonyl (C=O) groups is 1. The van der Waals surface area contributed by atoms with Crippen molar-refractivity contribution < 1.29 is 18.3 Å². The summed E-state index contributed by atoms with van der Waals surface area (Å²) in [5, 5.41) is -3.84. The Kier molecular flexibility index (Phi) is 2.38. The van der Waals surface area contributed by atoms with Crippen molar-refractivity contribution in [2.75, 3.05) is 6.61 Å². The second-order valence-electron chi connectivity index (χ2n) is 3.25. The van der Waals surface area contributed by atoms with Crippen molar-refractivity contribution in [2.45, 2.75) is 11.8 Å². The number of fused-ring (bicyclic) bond motifs is 1. The molecule has 0 saturated carbocycles. The molecule has 2 nitrogen and oxygen atoms in total. The first-order valence-corrected chi connectivity index (χ1v) is 4.73. The quantitative estimate of drug-likeness (QED) is 0.579. The summed E-state index contributed by atoms with van der Waals surface area (Å²) in [4.78, 5) is 11.1. The summed E-state index contributed by atoms with van der Waals surface area (Å²) < 4.78 is 30.3. The summed E-state index contributed by atoms with van der Waals surface area (Å²) in [6.45, 7) is 0.518. The Morgan fingerprint density at radius 1 is 1.47 bits per heavy atom. The predicted molar refractivity (Wildman–Crippen MR) is 50.8 cm³/mol. The highest BCUT2D eigenvalue weighted by molar-refractivity contribution is 6.35. The number of hydrogen-bond donors (Lipinski definition) is 0. The second kappa shape index (κ2) is 3.45. The molecule has 1 aliphatic rings. The molecule has 1 aliphatic heterocycles. The van der Waals surface area contributed by atoms with Gasteiger partial charge in [0.1, 0.15) is 5.75 Å². The molecule has 0 unspecified atom stereocenters. The van der Waals surface area contributed by atoms with E-state index in [0.717, 1.165) is 5.56 Å². The smallest absolute Gasteiger partial charge is 0.384 e. The molecule has 80 valence electrons. The molecule has 0 atom stereocenters. The fourth-order valence-electron chi connectivity index (χ4n) is 1.49. The Bertz CT molecular complexity index is 412. The highest BCUT2D eigenvalue weighted by Gasteiger charge is 2.36. The zero-order valence-electron chi connectivity index (χ0n) is 7.60. The molecule has 15 heavy (non-hydrogen) atoms. The van der Waals surface area contributed by atoms with Crippen LogP contribution in [0.5, 0.6) is 5.75 Å². The molecule has 0 fully saturated rings. The standard InChI is InChI=1S/C10H7ClF2O2/c11-10(12,13)9(14)7-1-2-8-6(5-7)3-4-15-8/h1-2,5H,3-4H2. The van der Waals surface area contributed by atoms with Gasteiger partial charge in [-0.3, -0.25) is 4.79 Å². The number of carbonyl (C=O) groups excluding carboxylic acids is 1. The van der Waals surface area contributed by atoms with Crippen LogP contribution < -0.4 is 4.74 Å². The molecule has 1 heterocycles. The molecule has 0 radical (unpaired) electrons. The lowest BCUT2D eigenvalue weighted by atomic mass is 10.1. The highest BCUT2D eigenvalue weighted by atomic mass is 35.5. The average molecular weight is 233 g/mol. The minimum atomic E-state index is -3.84. The molecule has 0 aromatic heterocycles. The Labute approximate surface area is 89.8 Å². The number of ether oxygens (including phenoxy) is 1.